The molecule has 3 aromatic heterocycles. The van der Waals surface area contributed by atoms with E-state index in [2.05, 4.69) is 47.3 Å². The maximum atomic E-state index is 12.1. The standard InChI is InChI=1S/C12H9Br2N5OS/c13-6-3-8(14)12(20)19(4-6)5-9-16-10(18-15)7-1-2-21-11(7)17-9/h1-4H,5,15H2,(H,16,17,18). The molecule has 0 fully saturated rings. The quantitative estimate of drug-likeness (QED) is 0.492. The minimum Gasteiger partial charge on any atom is -0.308 e. The Labute approximate surface area is 140 Å². The lowest BCUT2D eigenvalue weighted by Gasteiger charge is -2.08. The third-order valence-electron chi connectivity index (χ3n) is 2.83. The van der Waals surface area contributed by atoms with Gasteiger partial charge in [0, 0.05) is 10.7 Å². The summed E-state index contributed by atoms with van der Waals surface area (Å²) in [5, 5.41) is 2.79. The van der Waals surface area contributed by atoms with Gasteiger partial charge in [-0.25, -0.2) is 15.8 Å². The Morgan fingerprint density at radius 1 is 1.38 bits per heavy atom. The Kier molecular flexibility index (Phi) is 4.07. The Morgan fingerprint density at radius 3 is 2.95 bits per heavy atom. The molecule has 108 valence electrons. The molecule has 0 atom stereocenters. The van der Waals surface area contributed by atoms with Gasteiger partial charge in [-0.05, 0) is 49.4 Å². The maximum absolute atomic E-state index is 12.1. The number of halogens is 2. The summed E-state index contributed by atoms with van der Waals surface area (Å²) in [5.41, 5.74) is 2.43. The predicted molar refractivity (Wildman–Crippen MR) is 90.4 cm³/mol. The van der Waals surface area contributed by atoms with Crippen LogP contribution in [0.1, 0.15) is 5.82 Å². The van der Waals surface area contributed by atoms with Crippen LogP contribution in [-0.2, 0) is 6.54 Å². The molecule has 3 aromatic rings. The van der Waals surface area contributed by atoms with E-state index in [4.69, 9.17) is 5.84 Å². The van der Waals surface area contributed by atoms with Crippen LogP contribution in [0.25, 0.3) is 10.2 Å². The maximum Gasteiger partial charge on any atom is 0.265 e. The van der Waals surface area contributed by atoms with Crippen LogP contribution >= 0.6 is 43.2 Å². The van der Waals surface area contributed by atoms with E-state index in [1.54, 1.807) is 12.3 Å². The van der Waals surface area contributed by atoms with Crippen molar-refractivity contribution in [3.63, 3.8) is 0 Å². The summed E-state index contributed by atoms with van der Waals surface area (Å²) in [6.45, 7) is 0.263. The summed E-state index contributed by atoms with van der Waals surface area (Å²) in [7, 11) is 0. The second-order valence-electron chi connectivity index (χ2n) is 4.21. The minimum absolute atomic E-state index is 0.143. The molecule has 21 heavy (non-hydrogen) atoms. The van der Waals surface area contributed by atoms with Crippen molar-refractivity contribution in [1.82, 2.24) is 14.5 Å². The number of pyridine rings is 1. The number of hydrazine groups is 1. The van der Waals surface area contributed by atoms with E-state index in [0.717, 1.165) is 14.7 Å². The average Bonchev–Trinajstić information content (AvgIpc) is 2.91. The first-order chi connectivity index (χ1) is 10.1. The van der Waals surface area contributed by atoms with E-state index in [9.17, 15) is 4.79 Å². The van der Waals surface area contributed by atoms with E-state index in [1.165, 1.54) is 15.9 Å². The summed E-state index contributed by atoms with van der Waals surface area (Å²) in [5.74, 6) is 6.57. The summed E-state index contributed by atoms with van der Waals surface area (Å²) >= 11 is 8.10. The Hall–Kier alpha value is -1.29. The number of rotatable bonds is 3. The normalized spacial score (nSPS) is 11.0. The number of fused-ring (bicyclic) bond motifs is 1. The van der Waals surface area contributed by atoms with Crippen LogP contribution in [0.3, 0.4) is 0 Å². The molecule has 9 heteroatoms. The first kappa shape index (κ1) is 14.6. The van der Waals surface area contributed by atoms with Crippen LogP contribution < -0.4 is 16.8 Å². The van der Waals surface area contributed by atoms with Crippen LogP contribution in [-0.4, -0.2) is 14.5 Å². The van der Waals surface area contributed by atoms with Crippen LogP contribution in [0.2, 0.25) is 0 Å². The zero-order chi connectivity index (χ0) is 15.0. The van der Waals surface area contributed by atoms with Crippen molar-refractivity contribution in [3.05, 3.63) is 48.8 Å². The summed E-state index contributed by atoms with van der Waals surface area (Å²) < 4.78 is 2.80. The highest BCUT2D eigenvalue weighted by Gasteiger charge is 2.10. The molecule has 0 aliphatic rings. The Bertz CT molecular complexity index is 876. The Balaban J connectivity index is 2.08. The molecular formula is C12H9Br2N5OS. The van der Waals surface area contributed by atoms with E-state index in [0.29, 0.717) is 16.1 Å². The minimum atomic E-state index is -0.143. The molecule has 3 N–H and O–H groups in total. The summed E-state index contributed by atoms with van der Waals surface area (Å²) in [6, 6.07) is 3.61. The third kappa shape index (κ3) is 2.86. The number of aromatic nitrogens is 3. The zero-order valence-electron chi connectivity index (χ0n) is 10.5. The molecule has 3 rings (SSSR count). The van der Waals surface area contributed by atoms with Gasteiger partial charge in [0.25, 0.3) is 5.56 Å². The number of nitrogens with zero attached hydrogens (tertiary/aromatic N) is 3. The molecular weight excluding hydrogens is 422 g/mol. The van der Waals surface area contributed by atoms with Gasteiger partial charge < -0.3 is 9.99 Å². The van der Waals surface area contributed by atoms with Gasteiger partial charge in [0.05, 0.1) is 16.4 Å². The number of nitrogens with one attached hydrogen (secondary N) is 1. The molecule has 3 heterocycles. The van der Waals surface area contributed by atoms with Crippen molar-refractivity contribution in [2.24, 2.45) is 5.84 Å². The first-order valence-electron chi connectivity index (χ1n) is 5.84. The van der Waals surface area contributed by atoms with Crippen LogP contribution in [0, 0.1) is 0 Å². The Morgan fingerprint density at radius 2 is 2.19 bits per heavy atom. The van der Waals surface area contributed by atoms with Gasteiger partial charge in [-0.1, -0.05) is 0 Å². The van der Waals surface area contributed by atoms with Crippen LogP contribution in [0.4, 0.5) is 5.82 Å². The summed E-state index contributed by atoms with van der Waals surface area (Å²) in [4.78, 5) is 21.7. The monoisotopic (exact) mass is 429 g/mol. The molecule has 6 nitrogen and oxygen atoms in total. The fourth-order valence-electron chi connectivity index (χ4n) is 1.91. The molecule has 0 aromatic carbocycles. The second kappa shape index (κ2) is 5.84. The SMILES string of the molecule is NNc1nc(Cn2cc(Br)cc(Br)c2=O)nc2sccc12. The van der Waals surface area contributed by atoms with Gasteiger partial charge in [-0.3, -0.25) is 4.79 Å². The van der Waals surface area contributed by atoms with Crippen molar-refractivity contribution < 1.29 is 0 Å². The number of hydrogen-bond donors (Lipinski definition) is 2. The van der Waals surface area contributed by atoms with E-state index >= 15 is 0 Å². The van der Waals surface area contributed by atoms with Gasteiger partial charge in [0.1, 0.15) is 4.83 Å². The molecule has 0 bridgehead atoms. The molecule has 0 saturated heterocycles. The van der Waals surface area contributed by atoms with Gasteiger partial charge in [0.2, 0.25) is 0 Å². The van der Waals surface area contributed by atoms with Crippen molar-refractivity contribution in [2.45, 2.75) is 6.54 Å². The largest absolute Gasteiger partial charge is 0.308 e. The van der Waals surface area contributed by atoms with Crippen molar-refractivity contribution >= 4 is 59.2 Å². The number of thiophene rings is 1. The topological polar surface area (TPSA) is 85.8 Å². The molecule has 0 radical (unpaired) electrons. The zero-order valence-corrected chi connectivity index (χ0v) is 14.5. The highest BCUT2D eigenvalue weighted by Crippen LogP contribution is 2.24. The fourth-order valence-corrected chi connectivity index (χ4v) is 3.96. The lowest BCUT2D eigenvalue weighted by Crippen LogP contribution is -2.22. The molecule has 0 saturated carbocycles. The third-order valence-corrected chi connectivity index (χ3v) is 4.64. The van der Waals surface area contributed by atoms with Crippen molar-refractivity contribution in [2.75, 3.05) is 5.43 Å². The van der Waals surface area contributed by atoms with Crippen molar-refractivity contribution in [3.8, 4) is 0 Å². The van der Waals surface area contributed by atoms with Gasteiger partial charge in [-0.2, -0.15) is 0 Å². The number of anilines is 1. The van der Waals surface area contributed by atoms with E-state index in [1.807, 2.05) is 11.4 Å². The fraction of sp³-hybridized carbons (Fsp3) is 0.0833. The summed E-state index contributed by atoms with van der Waals surface area (Å²) in [6.07, 6.45) is 1.70. The van der Waals surface area contributed by atoms with Crippen molar-refractivity contribution in [1.29, 1.82) is 0 Å². The number of nitrogen functional groups attached to an aromatic ring is 1. The number of hydrogen-bond acceptors (Lipinski definition) is 6. The second-order valence-corrected chi connectivity index (χ2v) is 6.88. The number of nitrogens with two attached hydrogens (primary N) is 1. The average molecular weight is 431 g/mol. The van der Waals surface area contributed by atoms with Crippen LogP contribution in [0.5, 0.6) is 0 Å². The highest BCUT2D eigenvalue weighted by molar-refractivity contribution is 9.11. The predicted octanol–water partition coefficient (Wildman–Crippen LogP) is 2.71. The first-order valence-corrected chi connectivity index (χ1v) is 8.31. The lowest BCUT2D eigenvalue weighted by molar-refractivity contribution is 0.714. The van der Waals surface area contributed by atoms with E-state index < -0.39 is 0 Å². The van der Waals surface area contributed by atoms with Gasteiger partial charge >= 0.3 is 0 Å². The molecule has 0 aliphatic carbocycles. The van der Waals surface area contributed by atoms with E-state index in [-0.39, 0.29) is 12.1 Å². The molecule has 0 unspecified atom stereocenters. The molecule has 0 amide bonds. The van der Waals surface area contributed by atoms with Gasteiger partial charge in [-0.15, -0.1) is 11.3 Å². The van der Waals surface area contributed by atoms with Crippen LogP contribution in [0.15, 0.2) is 37.4 Å². The molecule has 0 aliphatic heterocycles. The highest BCUT2D eigenvalue weighted by atomic mass is 79.9. The lowest BCUT2D eigenvalue weighted by atomic mass is 10.3. The van der Waals surface area contributed by atoms with Gasteiger partial charge in [0.15, 0.2) is 11.6 Å². The molecule has 0 spiro atoms. The smallest absolute Gasteiger partial charge is 0.265 e.